The number of hydrogen-bond acceptors (Lipinski definition) is 4. The van der Waals surface area contributed by atoms with Crippen LogP contribution in [-0.4, -0.2) is 41.3 Å². The van der Waals surface area contributed by atoms with Gasteiger partial charge in [-0.15, -0.1) is 0 Å². The van der Waals surface area contributed by atoms with E-state index in [2.05, 4.69) is 21.9 Å². The molecule has 108 valence electrons. The van der Waals surface area contributed by atoms with Crippen molar-refractivity contribution in [3.05, 3.63) is 11.3 Å². The zero-order chi connectivity index (χ0) is 14.2. The van der Waals surface area contributed by atoms with Crippen molar-refractivity contribution < 1.29 is 0 Å². The van der Waals surface area contributed by atoms with Crippen LogP contribution in [0.15, 0.2) is 16.0 Å². The number of piperidine rings is 1. The molecule has 3 aliphatic rings. The first-order valence-corrected chi connectivity index (χ1v) is 11.7. The highest BCUT2D eigenvalue weighted by Crippen LogP contribution is 2.67. The van der Waals surface area contributed by atoms with E-state index in [4.69, 9.17) is 16.6 Å². The fourth-order valence-electron chi connectivity index (χ4n) is 3.13. The van der Waals surface area contributed by atoms with Crippen molar-refractivity contribution in [1.29, 1.82) is 5.26 Å². The minimum atomic E-state index is -1.95. The molecule has 0 aromatic rings. The van der Waals surface area contributed by atoms with Crippen molar-refractivity contribution in [3.63, 3.8) is 0 Å². The predicted molar refractivity (Wildman–Crippen MR) is 89.2 cm³/mol. The van der Waals surface area contributed by atoms with Gasteiger partial charge in [0.05, 0.1) is 0 Å². The molecule has 0 saturated carbocycles. The molecule has 0 aromatic heterocycles. The van der Waals surface area contributed by atoms with E-state index in [1.807, 2.05) is 0 Å². The molecule has 1 atom stereocenters. The van der Waals surface area contributed by atoms with Gasteiger partial charge >= 0.3 is 0 Å². The highest BCUT2D eigenvalue weighted by molar-refractivity contribution is 8.69. The van der Waals surface area contributed by atoms with Crippen LogP contribution in [0.4, 0.5) is 0 Å². The standard InChI is InChI=1S/C13H19N4PS2/c1-20-18(19)15-13(16-7-3-2-4-8-16)11(10-14)12-6-5-9-17(12)18/h2-9H2,1H3/t18-/m0/s1. The summed E-state index contributed by atoms with van der Waals surface area (Å²) >= 11 is 7.58. The maximum atomic E-state index is 9.61. The van der Waals surface area contributed by atoms with Gasteiger partial charge in [0.1, 0.15) is 11.6 Å². The SMILES string of the molecule is CS[P@@]1(=S)N=C(N2CCCCC2)C(C#N)=C2CCCN21. The maximum Gasteiger partial charge on any atom is 0.199 e. The third-order valence-corrected chi connectivity index (χ3v) is 10.5. The summed E-state index contributed by atoms with van der Waals surface area (Å²) in [5.74, 6) is 0.901. The number of hydrogen-bond donors (Lipinski definition) is 0. The molecule has 2 fully saturated rings. The first-order chi connectivity index (χ1) is 9.69. The Balaban J connectivity index is 2.05. The van der Waals surface area contributed by atoms with Gasteiger partial charge in [0.25, 0.3) is 0 Å². The monoisotopic (exact) mass is 326 g/mol. The third kappa shape index (κ3) is 2.30. The Labute approximate surface area is 129 Å². The molecule has 20 heavy (non-hydrogen) atoms. The third-order valence-electron chi connectivity index (χ3n) is 4.14. The van der Waals surface area contributed by atoms with E-state index in [0.717, 1.165) is 43.9 Å². The predicted octanol–water partition coefficient (Wildman–Crippen LogP) is 3.35. The first-order valence-electron chi connectivity index (χ1n) is 7.12. The van der Waals surface area contributed by atoms with Crippen molar-refractivity contribution in [2.75, 3.05) is 25.9 Å². The van der Waals surface area contributed by atoms with E-state index in [1.165, 1.54) is 25.0 Å². The second-order valence-electron chi connectivity index (χ2n) is 5.30. The van der Waals surface area contributed by atoms with Crippen LogP contribution >= 0.6 is 16.9 Å². The molecule has 3 rings (SSSR count). The van der Waals surface area contributed by atoms with Crippen LogP contribution in [0.1, 0.15) is 32.1 Å². The van der Waals surface area contributed by atoms with E-state index < -0.39 is 5.54 Å². The summed E-state index contributed by atoms with van der Waals surface area (Å²) in [5, 5.41) is 9.61. The van der Waals surface area contributed by atoms with Gasteiger partial charge in [-0.25, -0.2) is 4.76 Å². The van der Waals surface area contributed by atoms with Crippen LogP contribution in [-0.2, 0) is 11.8 Å². The van der Waals surface area contributed by atoms with Crippen LogP contribution in [0, 0.1) is 11.3 Å². The Morgan fingerprint density at radius 3 is 2.65 bits per heavy atom. The Kier molecular flexibility index (Phi) is 4.12. The van der Waals surface area contributed by atoms with Gasteiger partial charge in [-0.1, -0.05) is 11.4 Å². The lowest BCUT2D eigenvalue weighted by molar-refractivity contribution is 0.342. The molecule has 0 amide bonds. The fourth-order valence-corrected chi connectivity index (χ4v) is 7.26. The molecule has 0 radical (unpaired) electrons. The number of likely N-dealkylation sites (tertiary alicyclic amines) is 1. The molecule has 0 unspecified atom stereocenters. The average Bonchev–Trinajstić information content (AvgIpc) is 2.98. The molecule has 0 bridgehead atoms. The average molecular weight is 326 g/mol. The zero-order valence-electron chi connectivity index (χ0n) is 11.7. The second kappa shape index (κ2) is 5.71. The van der Waals surface area contributed by atoms with E-state index in [0.29, 0.717) is 0 Å². The quantitative estimate of drug-likeness (QED) is 0.691. The number of allylic oxidation sites excluding steroid dienone is 1. The molecular weight excluding hydrogens is 307 g/mol. The number of fused-ring (bicyclic) bond motifs is 1. The lowest BCUT2D eigenvalue weighted by Crippen LogP contribution is -2.39. The van der Waals surface area contributed by atoms with Crippen molar-refractivity contribution in [2.24, 2.45) is 4.76 Å². The van der Waals surface area contributed by atoms with Gasteiger partial charge in [0.2, 0.25) is 0 Å². The van der Waals surface area contributed by atoms with Gasteiger partial charge in [-0.3, -0.25) is 0 Å². The number of rotatable bonds is 1. The molecule has 4 nitrogen and oxygen atoms in total. The fraction of sp³-hybridized carbons (Fsp3) is 0.692. The van der Waals surface area contributed by atoms with E-state index in [-0.39, 0.29) is 0 Å². The summed E-state index contributed by atoms with van der Waals surface area (Å²) in [4.78, 5) is 2.29. The van der Waals surface area contributed by atoms with E-state index in [9.17, 15) is 5.26 Å². The van der Waals surface area contributed by atoms with Gasteiger partial charge in [-0.05, 0) is 50.2 Å². The minimum Gasteiger partial charge on any atom is -0.355 e. The minimum absolute atomic E-state index is 0.791. The largest absolute Gasteiger partial charge is 0.355 e. The maximum absolute atomic E-state index is 9.61. The van der Waals surface area contributed by atoms with Crippen LogP contribution in [0.5, 0.6) is 0 Å². The van der Waals surface area contributed by atoms with Crippen LogP contribution in [0.25, 0.3) is 0 Å². The van der Waals surface area contributed by atoms with Crippen molar-refractivity contribution in [3.8, 4) is 6.07 Å². The Morgan fingerprint density at radius 2 is 2.00 bits per heavy atom. The van der Waals surface area contributed by atoms with Crippen LogP contribution in [0.3, 0.4) is 0 Å². The van der Waals surface area contributed by atoms with E-state index in [1.54, 1.807) is 11.4 Å². The van der Waals surface area contributed by atoms with Gasteiger partial charge in [0, 0.05) is 25.3 Å². The highest BCUT2D eigenvalue weighted by atomic mass is 32.9. The molecule has 2 saturated heterocycles. The first kappa shape index (κ1) is 14.4. The number of nitriles is 1. The number of nitrogens with zero attached hydrogens (tertiary/aromatic N) is 4. The van der Waals surface area contributed by atoms with Crippen LogP contribution < -0.4 is 0 Å². The topological polar surface area (TPSA) is 42.6 Å². The summed E-state index contributed by atoms with van der Waals surface area (Å²) in [6.45, 7) is 3.00. The normalized spacial score (nSPS) is 30.1. The Hall–Kier alpha value is -0.500. The Bertz CT molecular complexity index is 557. The summed E-state index contributed by atoms with van der Waals surface area (Å²) in [5.41, 5.74) is 0.00726. The van der Waals surface area contributed by atoms with Crippen molar-refractivity contribution >= 4 is 34.6 Å². The van der Waals surface area contributed by atoms with Gasteiger partial charge in [-0.2, -0.15) is 5.26 Å². The molecule has 0 spiro atoms. The molecule has 3 aliphatic heterocycles. The molecule has 0 aliphatic carbocycles. The molecule has 3 heterocycles. The van der Waals surface area contributed by atoms with E-state index >= 15 is 0 Å². The smallest absolute Gasteiger partial charge is 0.199 e. The lowest BCUT2D eigenvalue weighted by Gasteiger charge is -2.38. The molecule has 0 N–H and O–H groups in total. The zero-order valence-corrected chi connectivity index (χ0v) is 14.2. The molecule has 0 aromatic carbocycles. The van der Waals surface area contributed by atoms with Crippen LogP contribution in [0.2, 0.25) is 0 Å². The highest BCUT2D eigenvalue weighted by Gasteiger charge is 2.39. The lowest BCUT2D eigenvalue weighted by atomic mass is 10.1. The summed E-state index contributed by atoms with van der Waals surface area (Å²) in [6, 6.07) is 2.41. The van der Waals surface area contributed by atoms with Crippen molar-refractivity contribution in [2.45, 2.75) is 32.1 Å². The number of amidine groups is 1. The Morgan fingerprint density at radius 1 is 1.25 bits per heavy atom. The molecule has 7 heteroatoms. The van der Waals surface area contributed by atoms with Gasteiger partial charge in [0.15, 0.2) is 11.4 Å². The summed E-state index contributed by atoms with van der Waals surface area (Å²) in [7, 11) is 0. The summed E-state index contributed by atoms with van der Waals surface area (Å²) in [6.07, 6.45) is 7.81. The van der Waals surface area contributed by atoms with Crippen molar-refractivity contribution in [1.82, 2.24) is 9.57 Å². The summed E-state index contributed by atoms with van der Waals surface area (Å²) < 4.78 is 7.19. The van der Waals surface area contributed by atoms with Gasteiger partial charge < -0.3 is 9.57 Å². The second-order valence-corrected chi connectivity index (χ2v) is 12.2. The molecular formula is C13H19N4PS2.